The van der Waals surface area contributed by atoms with Crippen molar-refractivity contribution in [3.8, 4) is 0 Å². The lowest BCUT2D eigenvalue weighted by Gasteiger charge is -2.49. The topological polar surface area (TPSA) is 37.4 Å². The van der Waals surface area contributed by atoms with Gasteiger partial charge < -0.3 is 15.1 Å². The van der Waals surface area contributed by atoms with Crippen LogP contribution < -0.4 is 5.32 Å². The maximum absolute atomic E-state index is 5.31. The first-order valence-corrected chi connectivity index (χ1v) is 12.4. The highest BCUT2D eigenvalue weighted by Crippen LogP contribution is 2.32. The Hall–Kier alpha value is -0.120. The molecule has 7 heteroatoms. The van der Waals surface area contributed by atoms with Crippen LogP contribution >= 0.6 is 24.0 Å². The van der Waals surface area contributed by atoms with E-state index < -0.39 is 0 Å². The molecule has 1 N–H and O–H groups in total. The van der Waals surface area contributed by atoms with Gasteiger partial charge in [-0.15, -0.1) is 24.0 Å². The largest absolute Gasteiger partial charge is 0.357 e. The van der Waals surface area contributed by atoms with Crippen LogP contribution in [0.2, 0.25) is 0 Å². The van der Waals surface area contributed by atoms with Crippen LogP contribution in [0.3, 0.4) is 0 Å². The number of hydrogen-bond donors (Lipinski definition) is 1. The van der Waals surface area contributed by atoms with Gasteiger partial charge in [0.15, 0.2) is 5.96 Å². The molecular weight excluding hydrogens is 487 g/mol. The van der Waals surface area contributed by atoms with Gasteiger partial charge >= 0.3 is 0 Å². The maximum Gasteiger partial charge on any atom is 0.194 e. The maximum atomic E-state index is 5.31. The second-order valence-corrected chi connectivity index (χ2v) is 9.88. The molecule has 1 atom stereocenters. The Kier molecular flexibility index (Phi) is 9.53. The molecule has 0 aromatic heterocycles. The first-order chi connectivity index (χ1) is 14.2. The Morgan fingerprint density at radius 1 is 0.933 bits per heavy atom. The molecule has 4 fully saturated rings. The molecular formula is C23H45IN6. The smallest absolute Gasteiger partial charge is 0.194 e. The molecule has 4 aliphatic heterocycles. The van der Waals surface area contributed by atoms with Gasteiger partial charge in [-0.3, -0.25) is 14.8 Å². The third kappa shape index (κ3) is 5.81. The molecule has 4 saturated heterocycles. The molecule has 6 nitrogen and oxygen atoms in total. The fourth-order valence-corrected chi connectivity index (χ4v) is 5.96. The summed E-state index contributed by atoms with van der Waals surface area (Å²) in [5.74, 6) is 1.17. The van der Waals surface area contributed by atoms with Gasteiger partial charge in [0, 0.05) is 31.2 Å². The molecule has 0 spiro atoms. The van der Waals surface area contributed by atoms with Crippen molar-refractivity contribution in [3.63, 3.8) is 0 Å². The van der Waals surface area contributed by atoms with Gasteiger partial charge in [0.2, 0.25) is 0 Å². The average Bonchev–Trinajstić information content (AvgIpc) is 3.45. The summed E-state index contributed by atoms with van der Waals surface area (Å²) in [5, 5.41) is 3.63. The summed E-state index contributed by atoms with van der Waals surface area (Å²) in [5.41, 5.74) is 0.279. The number of halogens is 1. The van der Waals surface area contributed by atoms with Crippen LogP contribution in [0.1, 0.15) is 58.3 Å². The van der Waals surface area contributed by atoms with Gasteiger partial charge in [-0.1, -0.05) is 6.42 Å². The zero-order chi connectivity index (χ0) is 20.1. The fourth-order valence-electron chi connectivity index (χ4n) is 5.96. The minimum Gasteiger partial charge on any atom is -0.357 e. The van der Waals surface area contributed by atoms with Crippen molar-refractivity contribution in [2.75, 3.05) is 72.5 Å². The predicted octanol–water partition coefficient (Wildman–Crippen LogP) is 2.69. The molecule has 0 aromatic carbocycles. The Balaban J connectivity index is 0.00000256. The molecule has 4 aliphatic rings. The SMILES string of the molecule is CCNC(=NCC1(N2CCCCC2)CCN(C)CC1)N1CCC(N2CCCC2)C1.I. The van der Waals surface area contributed by atoms with Crippen LogP contribution in [0, 0.1) is 0 Å². The average molecular weight is 533 g/mol. The Morgan fingerprint density at radius 3 is 2.27 bits per heavy atom. The van der Waals surface area contributed by atoms with E-state index in [-0.39, 0.29) is 29.5 Å². The molecule has 4 heterocycles. The normalized spacial score (nSPS) is 29.2. The molecule has 174 valence electrons. The Bertz CT molecular complexity index is 536. The quantitative estimate of drug-likeness (QED) is 0.335. The molecule has 0 saturated carbocycles. The van der Waals surface area contributed by atoms with Gasteiger partial charge in [0.25, 0.3) is 0 Å². The van der Waals surface area contributed by atoms with E-state index in [1.165, 1.54) is 96.6 Å². The lowest BCUT2D eigenvalue weighted by Crippen LogP contribution is -2.58. The van der Waals surface area contributed by atoms with E-state index in [1.54, 1.807) is 0 Å². The van der Waals surface area contributed by atoms with Crippen LogP contribution in [0.15, 0.2) is 4.99 Å². The second kappa shape index (κ2) is 11.7. The van der Waals surface area contributed by atoms with E-state index in [0.717, 1.165) is 32.2 Å². The van der Waals surface area contributed by atoms with Gasteiger partial charge in [-0.2, -0.15) is 0 Å². The number of likely N-dealkylation sites (tertiary alicyclic amines) is 4. The van der Waals surface area contributed by atoms with Crippen molar-refractivity contribution in [1.29, 1.82) is 0 Å². The number of aliphatic imine (C=N–C) groups is 1. The van der Waals surface area contributed by atoms with Gasteiger partial charge in [0.1, 0.15) is 0 Å². The minimum atomic E-state index is 0. The van der Waals surface area contributed by atoms with Gasteiger partial charge in [0.05, 0.1) is 6.54 Å². The summed E-state index contributed by atoms with van der Waals surface area (Å²) in [6.07, 6.45) is 10.7. The standard InChI is InChI=1S/C23H44N6.HI/c1-3-24-22(28-16-9-21(19-28)27-12-7-8-13-27)25-20-23(10-17-26(2)18-11-23)29-14-5-4-6-15-29;/h21H,3-20H2,1-2H3,(H,24,25);1H. The molecule has 1 unspecified atom stereocenters. The number of nitrogens with one attached hydrogen (secondary N) is 1. The van der Waals surface area contributed by atoms with Crippen molar-refractivity contribution in [1.82, 2.24) is 24.9 Å². The van der Waals surface area contributed by atoms with E-state index in [4.69, 9.17) is 4.99 Å². The number of nitrogens with zero attached hydrogens (tertiary/aromatic N) is 5. The van der Waals surface area contributed by atoms with Crippen LogP contribution in [0.25, 0.3) is 0 Å². The van der Waals surface area contributed by atoms with E-state index in [1.807, 2.05) is 0 Å². The van der Waals surface area contributed by atoms with E-state index in [9.17, 15) is 0 Å². The van der Waals surface area contributed by atoms with Crippen molar-refractivity contribution in [2.24, 2.45) is 4.99 Å². The number of rotatable bonds is 5. The summed E-state index contributed by atoms with van der Waals surface area (Å²) >= 11 is 0. The van der Waals surface area contributed by atoms with Crippen molar-refractivity contribution in [2.45, 2.75) is 69.9 Å². The summed E-state index contributed by atoms with van der Waals surface area (Å²) in [6.45, 7) is 14.0. The van der Waals surface area contributed by atoms with Crippen molar-refractivity contribution >= 4 is 29.9 Å². The van der Waals surface area contributed by atoms with Crippen molar-refractivity contribution in [3.05, 3.63) is 0 Å². The summed E-state index contributed by atoms with van der Waals surface area (Å²) in [7, 11) is 2.27. The number of piperidine rings is 2. The number of guanidine groups is 1. The second-order valence-electron chi connectivity index (χ2n) is 9.88. The Morgan fingerprint density at radius 2 is 1.60 bits per heavy atom. The van der Waals surface area contributed by atoms with E-state index in [0.29, 0.717) is 0 Å². The van der Waals surface area contributed by atoms with Crippen LogP contribution in [0.4, 0.5) is 0 Å². The third-order valence-electron chi connectivity index (χ3n) is 7.92. The van der Waals surface area contributed by atoms with Crippen LogP contribution in [-0.4, -0.2) is 110 Å². The highest BCUT2D eigenvalue weighted by atomic mass is 127. The van der Waals surface area contributed by atoms with Crippen molar-refractivity contribution < 1.29 is 0 Å². The summed E-state index contributed by atoms with van der Waals surface area (Å²) in [6, 6.07) is 0.737. The zero-order valence-electron chi connectivity index (χ0n) is 19.4. The molecule has 0 aliphatic carbocycles. The first-order valence-electron chi connectivity index (χ1n) is 12.4. The molecule has 0 aromatic rings. The Labute approximate surface area is 201 Å². The van der Waals surface area contributed by atoms with Gasteiger partial charge in [-0.25, -0.2) is 0 Å². The third-order valence-corrected chi connectivity index (χ3v) is 7.92. The molecule has 4 rings (SSSR count). The highest BCUT2D eigenvalue weighted by Gasteiger charge is 2.40. The summed E-state index contributed by atoms with van der Waals surface area (Å²) in [4.78, 5) is 15.9. The lowest BCUT2D eigenvalue weighted by molar-refractivity contribution is 0.0206. The minimum absolute atomic E-state index is 0. The zero-order valence-corrected chi connectivity index (χ0v) is 21.8. The van der Waals surface area contributed by atoms with Crippen LogP contribution in [-0.2, 0) is 0 Å². The molecule has 30 heavy (non-hydrogen) atoms. The van der Waals surface area contributed by atoms with Crippen LogP contribution in [0.5, 0.6) is 0 Å². The fraction of sp³-hybridized carbons (Fsp3) is 0.957. The molecule has 0 radical (unpaired) electrons. The molecule has 0 bridgehead atoms. The monoisotopic (exact) mass is 532 g/mol. The number of hydrogen-bond acceptors (Lipinski definition) is 4. The van der Waals surface area contributed by atoms with E-state index in [2.05, 4.69) is 38.9 Å². The van der Waals surface area contributed by atoms with Gasteiger partial charge in [-0.05, 0) is 98.2 Å². The first kappa shape index (κ1) is 24.5. The predicted molar refractivity (Wildman–Crippen MR) is 137 cm³/mol. The molecule has 0 amide bonds. The summed E-state index contributed by atoms with van der Waals surface area (Å²) < 4.78 is 0. The van der Waals surface area contributed by atoms with E-state index >= 15 is 0 Å². The lowest BCUT2D eigenvalue weighted by atomic mass is 9.84. The highest BCUT2D eigenvalue weighted by molar-refractivity contribution is 14.0.